The van der Waals surface area contributed by atoms with Crippen molar-refractivity contribution in [1.82, 2.24) is 9.55 Å². The van der Waals surface area contributed by atoms with E-state index < -0.39 is 0 Å². The van der Waals surface area contributed by atoms with Gasteiger partial charge in [-0.15, -0.1) is 0 Å². The molecule has 5 heteroatoms. The van der Waals surface area contributed by atoms with Crippen LogP contribution in [0, 0.1) is 13.8 Å². The zero-order chi connectivity index (χ0) is 17.8. The molecule has 25 heavy (non-hydrogen) atoms. The van der Waals surface area contributed by atoms with Gasteiger partial charge in [-0.05, 0) is 50.1 Å². The van der Waals surface area contributed by atoms with Gasteiger partial charge >= 0.3 is 0 Å². The van der Waals surface area contributed by atoms with Gasteiger partial charge in [-0.2, -0.15) is 0 Å². The highest BCUT2D eigenvalue weighted by Crippen LogP contribution is 2.21. The van der Waals surface area contributed by atoms with E-state index in [0.717, 1.165) is 27.7 Å². The fraction of sp³-hybridized carbons (Fsp3) is 0.300. The van der Waals surface area contributed by atoms with Crippen molar-refractivity contribution in [3.8, 4) is 5.75 Å². The number of aromatic nitrogens is 2. The standard InChI is InChI=1S/C20H22N2O2S/c1-4-22-19(23)16-7-5-6-8-17(16)21-20(22)25-12-11-24-18-13-14(2)9-10-15(18)3/h5-10,13H,4,11-12H2,1-3H3. The molecular formula is C20H22N2O2S. The zero-order valence-corrected chi connectivity index (χ0v) is 15.6. The van der Waals surface area contributed by atoms with Gasteiger partial charge in [-0.3, -0.25) is 9.36 Å². The summed E-state index contributed by atoms with van der Waals surface area (Å²) in [5.74, 6) is 1.65. The predicted octanol–water partition coefficient (Wildman–Crippen LogP) is 4.20. The lowest BCUT2D eigenvalue weighted by Gasteiger charge is -2.12. The summed E-state index contributed by atoms with van der Waals surface area (Å²) in [7, 11) is 0. The second-order valence-electron chi connectivity index (χ2n) is 5.93. The number of benzene rings is 2. The first kappa shape index (κ1) is 17.5. The number of hydrogen-bond acceptors (Lipinski definition) is 4. The molecular weight excluding hydrogens is 332 g/mol. The Bertz CT molecular complexity index is 950. The molecule has 0 spiro atoms. The molecule has 0 saturated carbocycles. The molecule has 1 aromatic heterocycles. The maximum atomic E-state index is 12.6. The van der Waals surface area contributed by atoms with Gasteiger partial charge in [0.15, 0.2) is 5.16 Å². The maximum Gasteiger partial charge on any atom is 0.262 e. The van der Waals surface area contributed by atoms with Crippen molar-refractivity contribution < 1.29 is 4.74 Å². The molecule has 3 rings (SSSR count). The molecule has 0 saturated heterocycles. The largest absolute Gasteiger partial charge is 0.492 e. The Morgan fingerprint density at radius 1 is 1.16 bits per heavy atom. The summed E-state index contributed by atoms with van der Waals surface area (Å²) in [6.07, 6.45) is 0. The fourth-order valence-electron chi connectivity index (χ4n) is 2.68. The van der Waals surface area contributed by atoms with Crippen LogP contribution in [-0.2, 0) is 6.54 Å². The molecule has 0 radical (unpaired) electrons. The van der Waals surface area contributed by atoms with Crippen LogP contribution < -0.4 is 10.3 Å². The highest BCUT2D eigenvalue weighted by Gasteiger charge is 2.10. The smallest absolute Gasteiger partial charge is 0.262 e. The van der Waals surface area contributed by atoms with E-state index in [4.69, 9.17) is 4.74 Å². The van der Waals surface area contributed by atoms with Gasteiger partial charge in [0, 0.05) is 12.3 Å². The van der Waals surface area contributed by atoms with E-state index in [1.165, 1.54) is 5.56 Å². The first-order valence-corrected chi connectivity index (χ1v) is 9.41. The van der Waals surface area contributed by atoms with Gasteiger partial charge < -0.3 is 4.74 Å². The van der Waals surface area contributed by atoms with E-state index in [9.17, 15) is 4.79 Å². The van der Waals surface area contributed by atoms with Crippen LogP contribution in [0.15, 0.2) is 52.4 Å². The van der Waals surface area contributed by atoms with Crippen LogP contribution in [-0.4, -0.2) is 21.9 Å². The first-order valence-electron chi connectivity index (χ1n) is 8.42. The predicted molar refractivity (Wildman–Crippen MR) is 104 cm³/mol. The monoisotopic (exact) mass is 354 g/mol. The molecule has 130 valence electrons. The van der Waals surface area contributed by atoms with E-state index in [-0.39, 0.29) is 5.56 Å². The van der Waals surface area contributed by atoms with Crippen molar-refractivity contribution in [2.75, 3.05) is 12.4 Å². The lowest BCUT2D eigenvalue weighted by Crippen LogP contribution is -2.22. The SMILES string of the molecule is CCn1c(SCCOc2cc(C)ccc2C)nc2ccccc2c1=O. The van der Waals surface area contributed by atoms with Crippen LogP contribution in [0.2, 0.25) is 0 Å². The Balaban J connectivity index is 1.73. The van der Waals surface area contributed by atoms with Crippen LogP contribution in [0.5, 0.6) is 5.75 Å². The van der Waals surface area contributed by atoms with Crippen LogP contribution in [0.25, 0.3) is 10.9 Å². The lowest BCUT2D eigenvalue weighted by atomic mass is 10.1. The van der Waals surface area contributed by atoms with Crippen LogP contribution in [0.1, 0.15) is 18.1 Å². The highest BCUT2D eigenvalue weighted by atomic mass is 32.2. The number of thioether (sulfide) groups is 1. The molecule has 0 aliphatic carbocycles. The Labute approximate surface area is 151 Å². The van der Waals surface area contributed by atoms with Gasteiger partial charge in [0.1, 0.15) is 5.75 Å². The maximum absolute atomic E-state index is 12.6. The van der Waals surface area contributed by atoms with Gasteiger partial charge in [0.25, 0.3) is 5.56 Å². The molecule has 0 aliphatic heterocycles. The zero-order valence-electron chi connectivity index (χ0n) is 14.8. The third-order valence-electron chi connectivity index (χ3n) is 4.06. The minimum Gasteiger partial charge on any atom is -0.492 e. The summed E-state index contributed by atoms with van der Waals surface area (Å²) in [4.78, 5) is 17.2. The van der Waals surface area contributed by atoms with Crippen molar-refractivity contribution in [3.05, 3.63) is 63.9 Å². The summed E-state index contributed by atoms with van der Waals surface area (Å²) < 4.78 is 7.62. The van der Waals surface area contributed by atoms with E-state index >= 15 is 0 Å². The summed E-state index contributed by atoms with van der Waals surface area (Å²) in [6.45, 7) is 7.24. The van der Waals surface area contributed by atoms with Crippen molar-refractivity contribution >= 4 is 22.7 Å². The molecule has 0 atom stereocenters. The Morgan fingerprint density at radius 2 is 1.96 bits per heavy atom. The molecule has 0 bridgehead atoms. The minimum atomic E-state index is 0.0195. The number of ether oxygens (including phenoxy) is 1. The third kappa shape index (κ3) is 3.87. The molecule has 3 aromatic rings. The van der Waals surface area contributed by atoms with Crippen molar-refractivity contribution in [1.29, 1.82) is 0 Å². The van der Waals surface area contributed by atoms with E-state index in [1.807, 2.05) is 38.1 Å². The van der Waals surface area contributed by atoms with Crippen molar-refractivity contribution in [3.63, 3.8) is 0 Å². The average Bonchev–Trinajstić information content (AvgIpc) is 2.62. The Kier molecular flexibility index (Phi) is 5.43. The quantitative estimate of drug-likeness (QED) is 0.378. The average molecular weight is 354 g/mol. The number of fused-ring (bicyclic) bond motifs is 1. The van der Waals surface area contributed by atoms with E-state index in [2.05, 4.69) is 30.1 Å². The van der Waals surface area contributed by atoms with Crippen molar-refractivity contribution in [2.45, 2.75) is 32.5 Å². The molecule has 0 amide bonds. The summed E-state index contributed by atoms with van der Waals surface area (Å²) >= 11 is 1.56. The number of hydrogen-bond donors (Lipinski definition) is 0. The minimum absolute atomic E-state index is 0.0195. The number of nitrogens with zero attached hydrogens (tertiary/aromatic N) is 2. The highest BCUT2D eigenvalue weighted by molar-refractivity contribution is 7.99. The lowest BCUT2D eigenvalue weighted by molar-refractivity contribution is 0.341. The Morgan fingerprint density at radius 3 is 2.76 bits per heavy atom. The number of para-hydroxylation sites is 1. The molecule has 4 nitrogen and oxygen atoms in total. The van der Waals surface area contributed by atoms with Crippen molar-refractivity contribution in [2.24, 2.45) is 0 Å². The second-order valence-corrected chi connectivity index (χ2v) is 6.99. The van der Waals surface area contributed by atoms with E-state index in [1.54, 1.807) is 16.3 Å². The van der Waals surface area contributed by atoms with Gasteiger partial charge in [0.05, 0.1) is 17.5 Å². The summed E-state index contributed by atoms with van der Waals surface area (Å²) in [6, 6.07) is 13.7. The van der Waals surface area contributed by atoms with Gasteiger partial charge in [0.2, 0.25) is 0 Å². The van der Waals surface area contributed by atoms with Crippen LogP contribution in [0.4, 0.5) is 0 Å². The normalized spacial score (nSPS) is 11.0. The molecule has 0 fully saturated rings. The number of rotatable bonds is 6. The molecule has 2 aromatic carbocycles. The summed E-state index contributed by atoms with van der Waals surface area (Å²) in [5, 5.41) is 1.41. The fourth-order valence-corrected chi connectivity index (χ4v) is 3.56. The number of aryl methyl sites for hydroxylation is 2. The summed E-state index contributed by atoms with van der Waals surface area (Å²) in [5.41, 5.74) is 3.08. The first-order chi connectivity index (χ1) is 12.1. The molecule has 0 unspecified atom stereocenters. The van der Waals surface area contributed by atoms with Crippen LogP contribution >= 0.6 is 11.8 Å². The topological polar surface area (TPSA) is 44.1 Å². The third-order valence-corrected chi connectivity index (χ3v) is 5.00. The molecule has 1 heterocycles. The molecule has 0 N–H and O–H groups in total. The van der Waals surface area contributed by atoms with Gasteiger partial charge in [-0.25, -0.2) is 4.98 Å². The second kappa shape index (κ2) is 7.74. The van der Waals surface area contributed by atoms with Crippen LogP contribution in [0.3, 0.4) is 0 Å². The van der Waals surface area contributed by atoms with Gasteiger partial charge in [-0.1, -0.05) is 36.0 Å². The molecule has 0 aliphatic rings. The Hall–Kier alpha value is -2.27. The van der Waals surface area contributed by atoms with E-state index in [0.29, 0.717) is 18.5 Å².